The Kier molecular flexibility index (Phi) is 6.41. The molecule has 0 aromatic carbocycles. The van der Waals surface area contributed by atoms with Crippen LogP contribution in [0.5, 0.6) is 0 Å². The minimum Gasteiger partial charge on any atom is -0.759 e. The predicted octanol–water partition coefficient (Wildman–Crippen LogP) is -5.66. The molecule has 1 aliphatic heterocycles. The van der Waals surface area contributed by atoms with Crippen LogP contribution in [0.2, 0.25) is 0 Å². The molecule has 1 saturated heterocycles. The zero-order valence-electron chi connectivity index (χ0n) is 7.20. The number of ether oxygens (including phenoxy) is 1. The van der Waals surface area contributed by atoms with Gasteiger partial charge in [-0.25, -0.2) is 0 Å². The fraction of sp³-hybridized carbons (Fsp3) is 1.00. The molecule has 1 fully saturated rings. The average Bonchev–Trinajstić information content (AvgIpc) is 2.08. The van der Waals surface area contributed by atoms with E-state index in [4.69, 9.17) is 20.1 Å². The van der Waals surface area contributed by atoms with Crippen LogP contribution in [0.4, 0.5) is 0 Å². The molecular formula is C6H11NaO5S. The summed E-state index contributed by atoms with van der Waals surface area (Å²) in [5.41, 5.74) is -0.986. The van der Waals surface area contributed by atoms with Crippen LogP contribution in [-0.4, -0.2) is 56.9 Å². The summed E-state index contributed by atoms with van der Waals surface area (Å²) in [6.45, 7) is -0.432. The number of aliphatic hydroxyl groups excluding tert-OH is 4. The fourth-order valence-corrected chi connectivity index (χ4v) is 1.37. The van der Waals surface area contributed by atoms with Crippen molar-refractivity contribution in [1.29, 1.82) is 0 Å². The van der Waals surface area contributed by atoms with E-state index in [1.807, 2.05) is 0 Å². The van der Waals surface area contributed by atoms with E-state index >= 15 is 0 Å². The van der Waals surface area contributed by atoms with Crippen LogP contribution in [0.25, 0.3) is 0 Å². The number of aliphatic hydroxyl groups is 4. The Morgan fingerprint density at radius 1 is 1.08 bits per heavy atom. The minimum absolute atomic E-state index is 0. The molecule has 0 amide bonds. The van der Waals surface area contributed by atoms with Gasteiger partial charge in [-0.15, -0.1) is 0 Å². The third-order valence-electron chi connectivity index (χ3n) is 1.85. The molecule has 1 aliphatic rings. The Bertz CT molecular complexity index is 155. The third kappa shape index (κ3) is 3.05. The van der Waals surface area contributed by atoms with Crippen molar-refractivity contribution in [1.82, 2.24) is 0 Å². The summed E-state index contributed by atoms with van der Waals surface area (Å²) in [5.74, 6) is 0. The molecule has 5 nitrogen and oxygen atoms in total. The first-order valence-electron chi connectivity index (χ1n) is 3.54. The molecular weight excluding hydrogens is 207 g/mol. The van der Waals surface area contributed by atoms with Crippen molar-refractivity contribution in [3.63, 3.8) is 0 Å². The van der Waals surface area contributed by atoms with Crippen molar-refractivity contribution in [2.75, 3.05) is 6.61 Å². The largest absolute Gasteiger partial charge is 1.00 e. The Balaban J connectivity index is 0.00000144. The molecule has 0 unspecified atom stereocenters. The molecule has 72 valence electrons. The van der Waals surface area contributed by atoms with E-state index in [0.717, 1.165) is 0 Å². The maximum atomic E-state index is 9.18. The second-order valence-corrected chi connectivity index (χ2v) is 3.16. The van der Waals surface area contributed by atoms with Crippen LogP contribution in [0, 0.1) is 0 Å². The number of rotatable bonds is 1. The van der Waals surface area contributed by atoms with Gasteiger partial charge in [0, 0.05) is 0 Å². The average molecular weight is 218 g/mol. The van der Waals surface area contributed by atoms with Gasteiger partial charge in [0.05, 0.1) is 12.7 Å². The first-order chi connectivity index (χ1) is 5.57. The maximum Gasteiger partial charge on any atom is 1.00 e. The number of hydrogen-bond donors (Lipinski definition) is 4. The van der Waals surface area contributed by atoms with Gasteiger partial charge in [-0.05, 0) is 5.44 Å². The molecule has 13 heavy (non-hydrogen) atoms. The molecule has 1 rings (SSSR count). The molecule has 0 saturated carbocycles. The van der Waals surface area contributed by atoms with Crippen molar-refractivity contribution in [3.05, 3.63) is 0 Å². The van der Waals surface area contributed by atoms with E-state index in [2.05, 4.69) is 12.6 Å². The molecule has 4 N–H and O–H groups in total. The van der Waals surface area contributed by atoms with Gasteiger partial charge in [0.2, 0.25) is 0 Å². The van der Waals surface area contributed by atoms with Crippen molar-refractivity contribution in [3.8, 4) is 0 Å². The maximum absolute atomic E-state index is 9.18. The molecule has 1 heterocycles. The van der Waals surface area contributed by atoms with Crippen LogP contribution in [0.3, 0.4) is 0 Å². The molecule has 0 bridgehead atoms. The van der Waals surface area contributed by atoms with Gasteiger partial charge >= 0.3 is 29.6 Å². The van der Waals surface area contributed by atoms with Crippen LogP contribution in [0.1, 0.15) is 0 Å². The fourth-order valence-electron chi connectivity index (χ4n) is 1.07. The van der Waals surface area contributed by atoms with Crippen LogP contribution in [-0.2, 0) is 17.4 Å². The molecule has 7 heteroatoms. The quantitative estimate of drug-likeness (QED) is 0.259. The third-order valence-corrected chi connectivity index (χ3v) is 2.24. The Morgan fingerprint density at radius 3 is 2.08 bits per heavy atom. The molecule has 0 aromatic rings. The van der Waals surface area contributed by atoms with Gasteiger partial charge < -0.3 is 37.8 Å². The Morgan fingerprint density at radius 2 is 1.62 bits per heavy atom. The Labute approximate surface area is 103 Å². The zero-order valence-corrected chi connectivity index (χ0v) is 10.0. The van der Waals surface area contributed by atoms with Crippen LogP contribution < -0.4 is 29.6 Å². The number of hydrogen-bond acceptors (Lipinski definition) is 6. The van der Waals surface area contributed by atoms with Gasteiger partial charge in [0.1, 0.15) is 18.3 Å². The van der Waals surface area contributed by atoms with Gasteiger partial charge in [-0.3, -0.25) is 0 Å². The second kappa shape index (κ2) is 5.89. The summed E-state index contributed by atoms with van der Waals surface area (Å²) in [7, 11) is 0. The molecule has 0 radical (unpaired) electrons. The summed E-state index contributed by atoms with van der Waals surface area (Å²) >= 11 is 4.63. The van der Waals surface area contributed by atoms with E-state index in [1.165, 1.54) is 0 Å². The summed E-state index contributed by atoms with van der Waals surface area (Å²) in [6, 6.07) is 0. The summed E-state index contributed by atoms with van der Waals surface area (Å²) < 4.78 is 4.84. The van der Waals surface area contributed by atoms with Gasteiger partial charge in [0.25, 0.3) is 0 Å². The van der Waals surface area contributed by atoms with E-state index in [1.54, 1.807) is 0 Å². The molecule has 0 aromatic heterocycles. The minimum atomic E-state index is -1.35. The van der Waals surface area contributed by atoms with Crippen LogP contribution >= 0.6 is 0 Å². The Hall–Kier alpha value is 1.15. The smallest absolute Gasteiger partial charge is 0.759 e. The predicted molar refractivity (Wildman–Crippen MR) is 41.1 cm³/mol. The molecule has 0 spiro atoms. The van der Waals surface area contributed by atoms with E-state index in [-0.39, 0.29) is 29.6 Å². The molecule has 5 atom stereocenters. The van der Waals surface area contributed by atoms with E-state index in [0.29, 0.717) is 0 Å². The monoisotopic (exact) mass is 218 g/mol. The topological polar surface area (TPSA) is 90.2 Å². The van der Waals surface area contributed by atoms with Crippen molar-refractivity contribution >= 4 is 12.6 Å². The second-order valence-electron chi connectivity index (χ2n) is 2.70. The van der Waals surface area contributed by atoms with Crippen LogP contribution in [0.15, 0.2) is 0 Å². The van der Waals surface area contributed by atoms with Gasteiger partial charge in [-0.1, -0.05) is 0 Å². The van der Waals surface area contributed by atoms with E-state index in [9.17, 15) is 5.11 Å². The SMILES string of the molecule is OC[C@H]1O[C@H]([S-])[C@@H](O)[C@H](O)[C@@H]1O.[Na+]. The van der Waals surface area contributed by atoms with Gasteiger partial charge in [0.15, 0.2) is 0 Å². The first kappa shape index (κ1) is 14.2. The van der Waals surface area contributed by atoms with Crippen molar-refractivity contribution < 1.29 is 54.7 Å². The summed E-state index contributed by atoms with van der Waals surface area (Å²) in [5, 5.41) is 36.1. The van der Waals surface area contributed by atoms with Gasteiger partial charge in [-0.2, -0.15) is 0 Å². The first-order valence-corrected chi connectivity index (χ1v) is 4.01. The van der Waals surface area contributed by atoms with Crippen molar-refractivity contribution in [2.45, 2.75) is 29.9 Å². The summed E-state index contributed by atoms with van der Waals surface area (Å²) in [6.07, 6.45) is -4.83. The normalized spacial score (nSPS) is 45.5. The standard InChI is InChI=1S/C6H12O5S.Na/c7-1-2-3(8)4(9)5(10)6(12)11-2;/h2-10,12H,1H2;/q;+1/p-1/t2-,3-,4-,5+,6-;/m1./s1. The van der Waals surface area contributed by atoms with E-state index < -0.39 is 36.5 Å². The summed E-state index contributed by atoms with van der Waals surface area (Å²) in [4.78, 5) is 0. The zero-order chi connectivity index (χ0) is 9.30. The molecule has 0 aliphatic carbocycles. The van der Waals surface area contributed by atoms with Crippen molar-refractivity contribution in [2.24, 2.45) is 0 Å².